The molecule has 0 bridgehead atoms. The summed E-state index contributed by atoms with van der Waals surface area (Å²) in [6.45, 7) is 0.393. The molecule has 0 aliphatic heterocycles. The van der Waals surface area contributed by atoms with E-state index in [4.69, 9.17) is 16.3 Å². The average Bonchev–Trinajstić information content (AvgIpc) is 3.01. The van der Waals surface area contributed by atoms with Crippen molar-refractivity contribution in [1.29, 1.82) is 0 Å². The number of alkyl carbamates (subject to hydrolysis) is 1. The van der Waals surface area contributed by atoms with Crippen LogP contribution in [0.1, 0.15) is 22.6 Å². The second-order valence-corrected chi connectivity index (χ2v) is 6.83. The van der Waals surface area contributed by atoms with Gasteiger partial charge in [0.1, 0.15) is 12.4 Å². The van der Waals surface area contributed by atoms with Crippen LogP contribution in [0.15, 0.2) is 66.7 Å². The molecule has 136 valence electrons. The van der Waals surface area contributed by atoms with Gasteiger partial charge >= 0.3 is 6.09 Å². The van der Waals surface area contributed by atoms with Crippen LogP contribution in [0.25, 0.3) is 11.1 Å². The molecule has 5 heteroatoms. The Morgan fingerprint density at radius 1 is 0.963 bits per heavy atom. The van der Waals surface area contributed by atoms with Crippen LogP contribution in [-0.2, 0) is 11.3 Å². The number of phenols is 1. The Balaban J connectivity index is 1.43. The van der Waals surface area contributed by atoms with Crippen molar-refractivity contribution < 1.29 is 14.6 Å². The molecule has 0 aromatic heterocycles. The molecule has 0 atom stereocenters. The molecule has 2 N–H and O–H groups in total. The number of benzene rings is 3. The molecule has 0 saturated heterocycles. The Morgan fingerprint density at radius 3 is 2.26 bits per heavy atom. The number of para-hydroxylation sites is 1. The maximum atomic E-state index is 12.1. The van der Waals surface area contributed by atoms with Gasteiger partial charge in [0.2, 0.25) is 0 Å². The van der Waals surface area contributed by atoms with Gasteiger partial charge in [0.05, 0.1) is 5.02 Å². The van der Waals surface area contributed by atoms with Crippen LogP contribution >= 0.6 is 11.6 Å². The van der Waals surface area contributed by atoms with E-state index in [1.807, 2.05) is 24.3 Å². The topological polar surface area (TPSA) is 58.6 Å². The maximum Gasteiger partial charge on any atom is 0.407 e. The van der Waals surface area contributed by atoms with Gasteiger partial charge in [-0.05, 0) is 28.3 Å². The van der Waals surface area contributed by atoms with E-state index in [1.165, 1.54) is 22.3 Å². The van der Waals surface area contributed by atoms with Crippen LogP contribution in [0.4, 0.5) is 4.79 Å². The van der Waals surface area contributed by atoms with Gasteiger partial charge in [-0.3, -0.25) is 0 Å². The van der Waals surface area contributed by atoms with Gasteiger partial charge in [-0.25, -0.2) is 4.79 Å². The summed E-state index contributed by atoms with van der Waals surface area (Å²) in [5, 5.41) is 12.8. The molecule has 0 heterocycles. The van der Waals surface area contributed by atoms with Crippen LogP contribution in [-0.4, -0.2) is 17.8 Å². The maximum absolute atomic E-state index is 12.1. The summed E-state index contributed by atoms with van der Waals surface area (Å²) in [7, 11) is 0. The number of phenolic OH excluding ortho intramolecular Hbond substituents is 1. The van der Waals surface area contributed by atoms with E-state index in [9.17, 15) is 9.90 Å². The highest BCUT2D eigenvalue weighted by Crippen LogP contribution is 2.44. The molecular weight excluding hydrogens is 362 g/mol. The molecule has 1 aliphatic rings. The van der Waals surface area contributed by atoms with Crippen molar-refractivity contribution in [3.8, 4) is 16.9 Å². The Labute approximate surface area is 162 Å². The van der Waals surface area contributed by atoms with Crippen molar-refractivity contribution >= 4 is 17.7 Å². The highest BCUT2D eigenvalue weighted by Gasteiger charge is 2.28. The molecule has 4 nitrogen and oxygen atoms in total. The van der Waals surface area contributed by atoms with E-state index in [1.54, 1.807) is 18.2 Å². The van der Waals surface area contributed by atoms with Gasteiger partial charge in [-0.1, -0.05) is 72.3 Å². The van der Waals surface area contributed by atoms with Crippen molar-refractivity contribution in [2.75, 3.05) is 6.61 Å². The van der Waals surface area contributed by atoms with Crippen molar-refractivity contribution in [1.82, 2.24) is 5.32 Å². The van der Waals surface area contributed by atoms with Crippen LogP contribution in [0.2, 0.25) is 5.02 Å². The smallest absolute Gasteiger partial charge is 0.407 e. The normalized spacial score (nSPS) is 12.3. The summed E-state index contributed by atoms with van der Waals surface area (Å²) in [6.07, 6.45) is -0.531. The van der Waals surface area contributed by atoms with Crippen LogP contribution in [0.3, 0.4) is 0 Å². The number of rotatable bonds is 4. The number of hydrogen-bond donors (Lipinski definition) is 2. The number of nitrogens with one attached hydrogen (secondary N) is 1. The van der Waals surface area contributed by atoms with Gasteiger partial charge in [0.25, 0.3) is 0 Å². The fourth-order valence-electron chi connectivity index (χ4n) is 3.52. The quantitative estimate of drug-likeness (QED) is 0.664. The molecule has 0 saturated carbocycles. The van der Waals surface area contributed by atoms with Crippen molar-refractivity contribution in [3.63, 3.8) is 0 Å². The molecule has 0 unspecified atom stereocenters. The van der Waals surface area contributed by atoms with Crippen molar-refractivity contribution in [2.24, 2.45) is 0 Å². The molecule has 3 aromatic rings. The SMILES string of the molecule is O=C(NCc1cccc(Cl)c1O)OCC1c2ccccc2-c2ccccc21. The van der Waals surface area contributed by atoms with Gasteiger partial charge in [0.15, 0.2) is 0 Å². The second kappa shape index (κ2) is 7.33. The Bertz CT molecular complexity index is 957. The van der Waals surface area contributed by atoms with Gasteiger partial charge in [0, 0.05) is 18.0 Å². The summed E-state index contributed by atoms with van der Waals surface area (Å²) < 4.78 is 5.47. The lowest BCUT2D eigenvalue weighted by atomic mass is 9.98. The molecule has 27 heavy (non-hydrogen) atoms. The number of hydrogen-bond acceptors (Lipinski definition) is 3. The minimum atomic E-state index is -0.531. The molecule has 1 amide bonds. The fourth-order valence-corrected chi connectivity index (χ4v) is 3.71. The predicted molar refractivity (Wildman–Crippen MR) is 105 cm³/mol. The number of carbonyl (C=O) groups is 1. The number of carbonyl (C=O) groups excluding carboxylic acids is 1. The van der Waals surface area contributed by atoms with Gasteiger partial charge in [-0.2, -0.15) is 0 Å². The zero-order chi connectivity index (χ0) is 18.8. The number of ether oxygens (including phenoxy) is 1. The lowest BCUT2D eigenvalue weighted by Gasteiger charge is -2.15. The van der Waals surface area contributed by atoms with E-state index in [2.05, 4.69) is 29.6 Å². The minimum Gasteiger partial charge on any atom is -0.506 e. The number of halogens is 1. The first-order chi connectivity index (χ1) is 13.1. The van der Waals surface area contributed by atoms with Crippen LogP contribution in [0, 0.1) is 0 Å². The third kappa shape index (κ3) is 3.36. The molecule has 0 fully saturated rings. The monoisotopic (exact) mass is 379 g/mol. The fraction of sp³-hybridized carbons (Fsp3) is 0.136. The standard InChI is InChI=1S/C22H18ClNO3/c23-20-11-5-6-14(21(20)25)12-24-22(26)27-13-19-17-9-3-1-7-15(17)16-8-2-4-10-18(16)19/h1-11,19,25H,12-13H2,(H,24,26). The Morgan fingerprint density at radius 2 is 1.59 bits per heavy atom. The van der Waals surface area contributed by atoms with Gasteiger partial charge < -0.3 is 15.2 Å². The molecular formula is C22H18ClNO3. The molecule has 0 spiro atoms. The van der Waals surface area contributed by atoms with Crippen molar-refractivity contribution in [3.05, 3.63) is 88.4 Å². The van der Waals surface area contributed by atoms with E-state index in [0.29, 0.717) is 5.56 Å². The van der Waals surface area contributed by atoms with E-state index in [-0.39, 0.29) is 29.8 Å². The van der Waals surface area contributed by atoms with Gasteiger partial charge in [-0.15, -0.1) is 0 Å². The summed E-state index contributed by atoms with van der Waals surface area (Å²) >= 11 is 5.88. The summed E-state index contributed by atoms with van der Waals surface area (Å²) in [6, 6.07) is 21.4. The third-order valence-electron chi connectivity index (χ3n) is 4.84. The second-order valence-electron chi connectivity index (χ2n) is 6.43. The van der Waals surface area contributed by atoms with E-state index >= 15 is 0 Å². The predicted octanol–water partition coefficient (Wildman–Crippen LogP) is 5.08. The highest BCUT2D eigenvalue weighted by molar-refractivity contribution is 6.32. The Kier molecular flexibility index (Phi) is 4.73. The first kappa shape index (κ1) is 17.4. The average molecular weight is 380 g/mol. The molecule has 1 aliphatic carbocycles. The molecule has 0 radical (unpaired) electrons. The third-order valence-corrected chi connectivity index (χ3v) is 5.14. The first-order valence-corrected chi connectivity index (χ1v) is 9.08. The summed E-state index contributed by atoms with van der Waals surface area (Å²) in [5.74, 6) is -0.0131. The van der Waals surface area contributed by atoms with Crippen LogP contribution in [0.5, 0.6) is 5.75 Å². The Hall–Kier alpha value is -2.98. The lowest BCUT2D eigenvalue weighted by molar-refractivity contribution is 0.142. The summed E-state index contributed by atoms with van der Waals surface area (Å²) in [5.41, 5.74) is 5.24. The lowest BCUT2D eigenvalue weighted by Crippen LogP contribution is -2.25. The largest absolute Gasteiger partial charge is 0.506 e. The minimum absolute atomic E-state index is 0.0164. The summed E-state index contributed by atoms with van der Waals surface area (Å²) in [4.78, 5) is 12.1. The zero-order valence-corrected chi connectivity index (χ0v) is 15.2. The number of amides is 1. The molecule has 3 aromatic carbocycles. The number of fused-ring (bicyclic) bond motifs is 3. The van der Waals surface area contributed by atoms with Crippen molar-refractivity contribution in [2.45, 2.75) is 12.5 Å². The number of aromatic hydroxyl groups is 1. The van der Waals surface area contributed by atoms with Crippen LogP contribution < -0.4 is 5.32 Å². The first-order valence-electron chi connectivity index (χ1n) is 8.70. The molecule has 4 rings (SSSR count). The van der Waals surface area contributed by atoms with E-state index < -0.39 is 6.09 Å². The zero-order valence-electron chi connectivity index (χ0n) is 14.5. The van der Waals surface area contributed by atoms with E-state index in [0.717, 1.165) is 0 Å². The highest BCUT2D eigenvalue weighted by atomic mass is 35.5.